The Balaban J connectivity index is 2.01. The largest absolute Gasteiger partial charge is 0.435 e. The standard InChI is InChI=1S/C24H29F2N3O3/c1-4-13-28(14-20(30)16-31-3)15-21-17(2)27-29(19-11-9-18(25)10-12-19)24(21)32-23-8-6-5-7-22(23)26/h5-12,20,30H,4,13-16H2,1-3H3. The van der Waals surface area contributed by atoms with Crippen molar-refractivity contribution in [2.45, 2.75) is 32.9 Å². The molecule has 0 aliphatic carbocycles. The lowest BCUT2D eigenvalue weighted by Gasteiger charge is -2.24. The highest BCUT2D eigenvalue weighted by Crippen LogP contribution is 2.33. The summed E-state index contributed by atoms with van der Waals surface area (Å²) in [4.78, 5) is 2.08. The molecule has 2 aromatic carbocycles. The van der Waals surface area contributed by atoms with Gasteiger partial charge in [0.05, 0.1) is 29.7 Å². The van der Waals surface area contributed by atoms with Crippen LogP contribution in [0.1, 0.15) is 24.6 Å². The Labute approximate surface area is 187 Å². The molecule has 0 aliphatic heterocycles. The van der Waals surface area contributed by atoms with E-state index >= 15 is 0 Å². The summed E-state index contributed by atoms with van der Waals surface area (Å²) in [6, 6.07) is 12.0. The summed E-state index contributed by atoms with van der Waals surface area (Å²) >= 11 is 0. The summed E-state index contributed by atoms with van der Waals surface area (Å²) in [6.07, 6.45) is 0.240. The summed E-state index contributed by atoms with van der Waals surface area (Å²) in [5.74, 6) is -0.445. The number of aromatic nitrogens is 2. The molecule has 1 unspecified atom stereocenters. The van der Waals surface area contributed by atoms with Gasteiger partial charge in [-0.05, 0) is 56.3 Å². The van der Waals surface area contributed by atoms with Crippen molar-refractivity contribution in [3.8, 4) is 17.3 Å². The summed E-state index contributed by atoms with van der Waals surface area (Å²) in [5, 5.41) is 14.8. The minimum absolute atomic E-state index is 0.0680. The van der Waals surface area contributed by atoms with Gasteiger partial charge in [0.2, 0.25) is 5.88 Å². The van der Waals surface area contributed by atoms with Crippen molar-refractivity contribution in [3.63, 3.8) is 0 Å². The zero-order chi connectivity index (χ0) is 23.1. The molecule has 0 saturated carbocycles. The van der Waals surface area contributed by atoms with Gasteiger partial charge in [0, 0.05) is 20.2 Å². The Bertz CT molecular complexity index is 1010. The molecule has 0 aliphatic rings. The summed E-state index contributed by atoms with van der Waals surface area (Å²) in [5.41, 5.74) is 2.05. The van der Waals surface area contributed by atoms with Crippen molar-refractivity contribution in [1.29, 1.82) is 0 Å². The molecule has 3 rings (SSSR count). The van der Waals surface area contributed by atoms with E-state index in [0.29, 0.717) is 30.4 Å². The Morgan fingerprint density at radius 3 is 2.50 bits per heavy atom. The number of aliphatic hydroxyl groups excluding tert-OH is 1. The zero-order valence-corrected chi connectivity index (χ0v) is 18.6. The number of aliphatic hydroxyl groups is 1. The number of rotatable bonds is 11. The predicted octanol–water partition coefficient (Wildman–Crippen LogP) is 4.47. The molecule has 32 heavy (non-hydrogen) atoms. The van der Waals surface area contributed by atoms with Crippen molar-refractivity contribution >= 4 is 0 Å². The van der Waals surface area contributed by atoms with E-state index < -0.39 is 11.9 Å². The molecule has 3 aromatic rings. The SMILES string of the molecule is CCCN(Cc1c(C)nn(-c2ccc(F)cc2)c1Oc1ccccc1F)CC(O)COC. The van der Waals surface area contributed by atoms with Crippen LogP contribution in [-0.4, -0.2) is 52.7 Å². The van der Waals surface area contributed by atoms with E-state index in [1.54, 1.807) is 42.1 Å². The van der Waals surface area contributed by atoms with Crippen molar-refractivity contribution in [2.24, 2.45) is 0 Å². The van der Waals surface area contributed by atoms with Crippen LogP contribution in [0.2, 0.25) is 0 Å². The van der Waals surface area contributed by atoms with Crippen LogP contribution in [0.3, 0.4) is 0 Å². The second-order valence-corrected chi connectivity index (χ2v) is 7.63. The van der Waals surface area contributed by atoms with Crippen LogP contribution in [0.5, 0.6) is 11.6 Å². The number of benzene rings is 2. The molecule has 0 bridgehead atoms. The maximum atomic E-state index is 14.4. The molecule has 1 N–H and O–H groups in total. The average Bonchev–Trinajstić information content (AvgIpc) is 3.06. The smallest absolute Gasteiger partial charge is 0.227 e. The Morgan fingerprint density at radius 1 is 1.12 bits per heavy atom. The Hall–Kier alpha value is -2.81. The topological polar surface area (TPSA) is 59.8 Å². The number of ether oxygens (including phenoxy) is 2. The van der Waals surface area contributed by atoms with Crippen LogP contribution < -0.4 is 4.74 Å². The van der Waals surface area contributed by atoms with Crippen molar-refractivity contribution in [3.05, 3.63) is 71.4 Å². The van der Waals surface area contributed by atoms with Gasteiger partial charge in [-0.15, -0.1) is 0 Å². The van der Waals surface area contributed by atoms with Gasteiger partial charge in [-0.2, -0.15) is 5.10 Å². The normalized spacial score (nSPS) is 12.3. The molecule has 0 radical (unpaired) electrons. The van der Waals surface area contributed by atoms with Crippen LogP contribution in [0.25, 0.3) is 5.69 Å². The van der Waals surface area contributed by atoms with Crippen LogP contribution in [0, 0.1) is 18.6 Å². The second kappa shape index (κ2) is 11.2. The maximum Gasteiger partial charge on any atom is 0.227 e. The quantitative estimate of drug-likeness (QED) is 0.472. The molecule has 172 valence electrons. The van der Waals surface area contributed by atoms with E-state index in [1.165, 1.54) is 18.2 Å². The number of hydrogen-bond acceptors (Lipinski definition) is 5. The monoisotopic (exact) mass is 445 g/mol. The first-order valence-electron chi connectivity index (χ1n) is 10.6. The zero-order valence-electron chi connectivity index (χ0n) is 18.6. The van der Waals surface area contributed by atoms with Crippen LogP contribution in [-0.2, 0) is 11.3 Å². The molecule has 1 aromatic heterocycles. The number of hydrogen-bond donors (Lipinski definition) is 1. The summed E-state index contributed by atoms with van der Waals surface area (Å²) in [7, 11) is 1.55. The summed E-state index contributed by atoms with van der Waals surface area (Å²) < 4.78 is 40.5. The van der Waals surface area contributed by atoms with Crippen LogP contribution in [0.4, 0.5) is 8.78 Å². The lowest BCUT2D eigenvalue weighted by molar-refractivity contribution is 0.0356. The van der Waals surface area contributed by atoms with Gasteiger partial charge < -0.3 is 14.6 Å². The first-order chi connectivity index (χ1) is 15.4. The lowest BCUT2D eigenvalue weighted by atomic mass is 10.2. The van der Waals surface area contributed by atoms with E-state index in [1.807, 2.05) is 6.92 Å². The molecule has 0 fully saturated rings. The van der Waals surface area contributed by atoms with Crippen LogP contribution in [0.15, 0.2) is 48.5 Å². The number of halogens is 2. The van der Waals surface area contributed by atoms with Gasteiger partial charge in [-0.3, -0.25) is 4.90 Å². The number of nitrogens with zero attached hydrogens (tertiary/aromatic N) is 3. The fraction of sp³-hybridized carbons (Fsp3) is 0.375. The third-order valence-corrected chi connectivity index (χ3v) is 5.00. The number of aryl methyl sites for hydroxylation is 1. The highest BCUT2D eigenvalue weighted by molar-refractivity contribution is 5.43. The molecule has 0 amide bonds. The molecular weight excluding hydrogens is 416 g/mol. The number of para-hydroxylation sites is 1. The van der Waals surface area contributed by atoms with Crippen molar-refractivity contribution in [2.75, 3.05) is 26.8 Å². The van der Waals surface area contributed by atoms with Gasteiger partial charge >= 0.3 is 0 Å². The first-order valence-corrected chi connectivity index (χ1v) is 10.6. The molecule has 8 heteroatoms. The maximum absolute atomic E-state index is 14.4. The molecular formula is C24H29F2N3O3. The predicted molar refractivity (Wildman–Crippen MR) is 118 cm³/mol. The molecule has 1 atom stereocenters. The van der Waals surface area contributed by atoms with Gasteiger partial charge in [-0.25, -0.2) is 13.5 Å². The van der Waals surface area contributed by atoms with Gasteiger partial charge in [0.15, 0.2) is 11.6 Å². The van der Waals surface area contributed by atoms with E-state index in [-0.39, 0.29) is 18.2 Å². The fourth-order valence-corrected chi connectivity index (χ4v) is 3.53. The van der Waals surface area contributed by atoms with E-state index in [9.17, 15) is 13.9 Å². The molecule has 1 heterocycles. The van der Waals surface area contributed by atoms with E-state index in [4.69, 9.17) is 9.47 Å². The molecule has 6 nitrogen and oxygen atoms in total. The third-order valence-electron chi connectivity index (χ3n) is 5.00. The first kappa shape index (κ1) is 23.8. The highest BCUT2D eigenvalue weighted by atomic mass is 19.1. The van der Waals surface area contributed by atoms with Gasteiger partial charge in [-0.1, -0.05) is 19.1 Å². The minimum Gasteiger partial charge on any atom is -0.435 e. The Kier molecular flexibility index (Phi) is 8.33. The average molecular weight is 446 g/mol. The van der Waals surface area contributed by atoms with Gasteiger partial charge in [0.1, 0.15) is 5.82 Å². The lowest BCUT2D eigenvalue weighted by Crippen LogP contribution is -2.35. The van der Waals surface area contributed by atoms with E-state index in [2.05, 4.69) is 16.9 Å². The summed E-state index contributed by atoms with van der Waals surface area (Å²) in [6.45, 7) is 5.71. The third kappa shape index (κ3) is 5.91. The van der Waals surface area contributed by atoms with Gasteiger partial charge in [0.25, 0.3) is 0 Å². The Morgan fingerprint density at radius 2 is 1.84 bits per heavy atom. The molecule has 0 spiro atoms. The van der Waals surface area contributed by atoms with Crippen molar-refractivity contribution in [1.82, 2.24) is 14.7 Å². The number of methoxy groups -OCH3 is 1. The molecule has 0 saturated heterocycles. The van der Waals surface area contributed by atoms with E-state index in [0.717, 1.165) is 18.5 Å². The fourth-order valence-electron chi connectivity index (χ4n) is 3.53. The second-order valence-electron chi connectivity index (χ2n) is 7.63. The van der Waals surface area contributed by atoms with Crippen LogP contribution >= 0.6 is 0 Å². The minimum atomic E-state index is -0.644. The van der Waals surface area contributed by atoms with Crippen molar-refractivity contribution < 1.29 is 23.4 Å². The highest BCUT2D eigenvalue weighted by Gasteiger charge is 2.23.